The molecule has 0 radical (unpaired) electrons. The van der Waals surface area contributed by atoms with Crippen molar-refractivity contribution >= 4 is 17.8 Å². The first-order chi connectivity index (χ1) is 14.8. The number of carbonyl (C=O) groups excluding carboxylic acids is 3. The molecule has 2 aliphatic rings. The van der Waals surface area contributed by atoms with Crippen LogP contribution in [0.25, 0.3) is 0 Å². The van der Waals surface area contributed by atoms with Gasteiger partial charge in [0, 0.05) is 0 Å². The third kappa shape index (κ3) is 5.11. The monoisotopic (exact) mass is 431 g/mol. The number of benzene rings is 1. The zero-order valence-electron chi connectivity index (χ0n) is 18.8. The number of nitrogens with one attached hydrogen (secondary N) is 2. The van der Waals surface area contributed by atoms with Crippen molar-refractivity contribution in [2.45, 2.75) is 64.5 Å². The van der Waals surface area contributed by atoms with Gasteiger partial charge in [0.05, 0.1) is 19.8 Å². The van der Waals surface area contributed by atoms with Gasteiger partial charge in [-0.1, -0.05) is 39.2 Å². The number of nitrogens with zero attached hydrogens (tertiary/aromatic N) is 1. The third-order valence-corrected chi connectivity index (χ3v) is 5.89. The Morgan fingerprint density at radius 2 is 1.87 bits per heavy atom. The maximum absolute atomic E-state index is 12.8. The van der Waals surface area contributed by atoms with Gasteiger partial charge in [-0.15, -0.1) is 0 Å². The van der Waals surface area contributed by atoms with E-state index >= 15 is 0 Å². The van der Waals surface area contributed by atoms with Crippen molar-refractivity contribution in [3.8, 4) is 11.5 Å². The Hall–Kier alpha value is -2.77. The standard InChI is InChI=1S/C23H33N3O5/c1-15(2)14-31-18-9-8-17(12-19(18)30-4)16(3)24-20(27)13-26-21(28)23(25-22(26)29)10-6-5-7-11-23/h8-9,12,15-16H,5-7,10-11,13-14H2,1-4H3,(H,24,27)(H,25,29). The predicted molar refractivity (Wildman–Crippen MR) is 116 cm³/mol. The van der Waals surface area contributed by atoms with Crippen LogP contribution in [0, 0.1) is 5.92 Å². The van der Waals surface area contributed by atoms with Crippen LogP contribution in [0.1, 0.15) is 64.5 Å². The largest absolute Gasteiger partial charge is 0.493 e. The first kappa shape index (κ1) is 22.9. The molecule has 1 heterocycles. The highest BCUT2D eigenvalue weighted by Gasteiger charge is 2.51. The lowest BCUT2D eigenvalue weighted by atomic mass is 9.82. The van der Waals surface area contributed by atoms with E-state index in [1.807, 2.05) is 25.1 Å². The molecule has 2 N–H and O–H groups in total. The van der Waals surface area contributed by atoms with Gasteiger partial charge >= 0.3 is 6.03 Å². The number of hydrogen-bond acceptors (Lipinski definition) is 5. The van der Waals surface area contributed by atoms with Crippen LogP contribution >= 0.6 is 0 Å². The second-order valence-electron chi connectivity index (χ2n) is 8.87. The van der Waals surface area contributed by atoms with Crippen molar-refractivity contribution in [1.29, 1.82) is 0 Å². The maximum Gasteiger partial charge on any atom is 0.325 e. The van der Waals surface area contributed by atoms with E-state index in [1.165, 1.54) is 0 Å². The highest BCUT2D eigenvalue weighted by atomic mass is 16.5. The summed E-state index contributed by atoms with van der Waals surface area (Å²) in [6.07, 6.45) is 4.14. The first-order valence-corrected chi connectivity index (χ1v) is 11.0. The molecular formula is C23H33N3O5. The molecule has 8 heteroatoms. The number of methoxy groups -OCH3 is 1. The Bertz CT molecular complexity index is 833. The van der Waals surface area contributed by atoms with Crippen molar-refractivity contribution in [2.24, 2.45) is 5.92 Å². The van der Waals surface area contributed by atoms with Gasteiger partial charge in [0.25, 0.3) is 5.91 Å². The van der Waals surface area contributed by atoms with Crippen LogP contribution in [0.15, 0.2) is 18.2 Å². The fourth-order valence-corrected chi connectivity index (χ4v) is 4.16. The lowest BCUT2D eigenvalue weighted by Gasteiger charge is -2.30. The average molecular weight is 432 g/mol. The molecule has 1 saturated heterocycles. The molecular weight excluding hydrogens is 398 g/mol. The molecule has 1 aliphatic carbocycles. The molecule has 1 aromatic rings. The summed E-state index contributed by atoms with van der Waals surface area (Å²) in [4.78, 5) is 38.9. The fourth-order valence-electron chi connectivity index (χ4n) is 4.16. The lowest BCUT2D eigenvalue weighted by molar-refractivity contribution is -0.136. The van der Waals surface area contributed by atoms with Crippen molar-refractivity contribution in [2.75, 3.05) is 20.3 Å². The van der Waals surface area contributed by atoms with Crippen LogP contribution in [0.3, 0.4) is 0 Å². The maximum atomic E-state index is 12.8. The van der Waals surface area contributed by atoms with E-state index in [0.29, 0.717) is 36.9 Å². The lowest BCUT2D eigenvalue weighted by Crippen LogP contribution is -2.49. The van der Waals surface area contributed by atoms with E-state index in [1.54, 1.807) is 7.11 Å². The van der Waals surface area contributed by atoms with Gasteiger partial charge in [0.2, 0.25) is 5.91 Å². The van der Waals surface area contributed by atoms with Gasteiger partial charge in [0.15, 0.2) is 11.5 Å². The van der Waals surface area contributed by atoms with Crippen LogP contribution in [0.4, 0.5) is 4.79 Å². The summed E-state index contributed by atoms with van der Waals surface area (Å²) < 4.78 is 11.2. The summed E-state index contributed by atoms with van der Waals surface area (Å²) in [5.74, 6) is 0.959. The van der Waals surface area contributed by atoms with Crippen LogP contribution in [0.2, 0.25) is 0 Å². The van der Waals surface area contributed by atoms with E-state index in [-0.39, 0.29) is 24.4 Å². The number of ether oxygens (including phenoxy) is 2. The molecule has 4 amide bonds. The van der Waals surface area contributed by atoms with Gasteiger partial charge in [0.1, 0.15) is 12.1 Å². The molecule has 3 rings (SSSR count). The fraction of sp³-hybridized carbons (Fsp3) is 0.609. The number of rotatable bonds is 8. The third-order valence-electron chi connectivity index (χ3n) is 5.89. The number of imide groups is 1. The summed E-state index contributed by atoms with van der Waals surface area (Å²) >= 11 is 0. The molecule has 0 aromatic heterocycles. The van der Waals surface area contributed by atoms with E-state index in [0.717, 1.165) is 29.7 Å². The SMILES string of the molecule is COc1cc(C(C)NC(=O)CN2C(=O)NC3(CCCCC3)C2=O)ccc1OCC(C)C. The number of hydrogen-bond donors (Lipinski definition) is 2. The van der Waals surface area contributed by atoms with Crippen molar-refractivity contribution in [3.05, 3.63) is 23.8 Å². The van der Waals surface area contributed by atoms with E-state index in [4.69, 9.17) is 9.47 Å². The summed E-state index contributed by atoms with van der Waals surface area (Å²) in [6.45, 7) is 6.27. The Morgan fingerprint density at radius 3 is 2.52 bits per heavy atom. The van der Waals surface area contributed by atoms with Crippen LogP contribution in [-0.2, 0) is 9.59 Å². The Balaban J connectivity index is 1.61. The van der Waals surface area contributed by atoms with Gasteiger partial charge in [-0.3, -0.25) is 14.5 Å². The second-order valence-corrected chi connectivity index (χ2v) is 8.87. The van der Waals surface area contributed by atoms with Gasteiger partial charge in [-0.25, -0.2) is 4.79 Å². The molecule has 31 heavy (non-hydrogen) atoms. The molecule has 1 atom stereocenters. The Kier molecular flexibility index (Phi) is 7.08. The number of carbonyl (C=O) groups is 3. The van der Waals surface area contributed by atoms with Crippen LogP contribution in [0.5, 0.6) is 11.5 Å². The summed E-state index contributed by atoms with van der Waals surface area (Å²) in [5, 5.41) is 5.69. The second kappa shape index (κ2) is 9.58. The first-order valence-electron chi connectivity index (χ1n) is 11.0. The molecule has 170 valence electrons. The molecule has 1 aromatic carbocycles. The predicted octanol–water partition coefficient (Wildman–Crippen LogP) is 3.16. The smallest absolute Gasteiger partial charge is 0.325 e. The van der Waals surface area contributed by atoms with Crippen molar-refractivity contribution < 1.29 is 23.9 Å². The molecule has 2 fully saturated rings. The van der Waals surface area contributed by atoms with E-state index in [2.05, 4.69) is 24.5 Å². The van der Waals surface area contributed by atoms with Gasteiger partial charge < -0.3 is 20.1 Å². The number of urea groups is 1. The minimum absolute atomic E-state index is 0.284. The van der Waals surface area contributed by atoms with Crippen molar-refractivity contribution in [1.82, 2.24) is 15.5 Å². The molecule has 0 bridgehead atoms. The summed E-state index contributed by atoms with van der Waals surface area (Å²) in [5.41, 5.74) is 0.0171. The zero-order valence-corrected chi connectivity index (χ0v) is 18.8. The minimum atomic E-state index is -0.819. The highest BCUT2D eigenvalue weighted by molar-refractivity contribution is 6.09. The molecule has 8 nitrogen and oxygen atoms in total. The van der Waals surface area contributed by atoms with Gasteiger partial charge in [-0.2, -0.15) is 0 Å². The van der Waals surface area contributed by atoms with E-state index in [9.17, 15) is 14.4 Å². The summed E-state index contributed by atoms with van der Waals surface area (Å²) in [7, 11) is 1.57. The molecule has 1 unspecified atom stereocenters. The molecule has 1 spiro atoms. The van der Waals surface area contributed by atoms with Crippen LogP contribution in [-0.4, -0.2) is 48.5 Å². The Morgan fingerprint density at radius 1 is 1.16 bits per heavy atom. The van der Waals surface area contributed by atoms with Gasteiger partial charge in [-0.05, 0) is 43.4 Å². The molecule has 1 saturated carbocycles. The zero-order chi connectivity index (χ0) is 22.6. The minimum Gasteiger partial charge on any atom is -0.493 e. The number of amides is 4. The normalized spacial score (nSPS) is 18.8. The van der Waals surface area contributed by atoms with Crippen LogP contribution < -0.4 is 20.1 Å². The Labute approximate surface area is 183 Å². The quantitative estimate of drug-likeness (QED) is 0.617. The molecule has 1 aliphatic heterocycles. The topological polar surface area (TPSA) is 97.0 Å². The van der Waals surface area contributed by atoms with Crippen molar-refractivity contribution in [3.63, 3.8) is 0 Å². The van der Waals surface area contributed by atoms with E-state index < -0.39 is 11.6 Å². The average Bonchev–Trinajstić information content (AvgIpc) is 2.96. The highest BCUT2D eigenvalue weighted by Crippen LogP contribution is 2.34. The summed E-state index contributed by atoms with van der Waals surface area (Å²) in [6, 6.07) is 4.70.